The van der Waals surface area contributed by atoms with Gasteiger partial charge in [-0.2, -0.15) is 0 Å². The van der Waals surface area contributed by atoms with Crippen LogP contribution >= 0.6 is 15.9 Å². The van der Waals surface area contributed by atoms with E-state index in [9.17, 15) is 10.1 Å². The lowest BCUT2D eigenvalue weighted by atomic mass is 9.87. The van der Waals surface area contributed by atoms with Crippen LogP contribution in [0.2, 0.25) is 0 Å². The number of aryl methyl sites for hydroxylation is 1. The normalized spacial score (nSPS) is 16.7. The van der Waals surface area contributed by atoms with Gasteiger partial charge in [0, 0.05) is 11.3 Å². The van der Waals surface area contributed by atoms with Gasteiger partial charge in [0.05, 0.1) is 15.4 Å². The molecular formula is C16H17BrN4O2. The SMILES string of the molecule is Cc1c([N+](=O)[O-])cnc(NC2CCCc3cc(N)ccc32)c1Br. The molecule has 1 aliphatic carbocycles. The van der Waals surface area contributed by atoms with Crippen LogP contribution in [-0.4, -0.2) is 9.91 Å². The highest BCUT2D eigenvalue weighted by Crippen LogP contribution is 2.37. The molecule has 1 atom stereocenters. The molecule has 1 aliphatic rings. The van der Waals surface area contributed by atoms with Crippen molar-refractivity contribution >= 4 is 33.1 Å². The molecule has 1 heterocycles. The number of aromatic nitrogens is 1. The van der Waals surface area contributed by atoms with Crippen LogP contribution in [-0.2, 0) is 6.42 Å². The predicted molar refractivity (Wildman–Crippen MR) is 93.5 cm³/mol. The summed E-state index contributed by atoms with van der Waals surface area (Å²) in [6.45, 7) is 1.71. The van der Waals surface area contributed by atoms with E-state index in [1.165, 1.54) is 17.3 Å². The molecule has 7 heteroatoms. The number of hydrogen-bond acceptors (Lipinski definition) is 5. The van der Waals surface area contributed by atoms with Crippen molar-refractivity contribution in [1.82, 2.24) is 4.98 Å². The number of pyridine rings is 1. The van der Waals surface area contributed by atoms with Crippen molar-refractivity contribution in [3.8, 4) is 0 Å². The average Bonchev–Trinajstić information content (AvgIpc) is 2.51. The van der Waals surface area contributed by atoms with Gasteiger partial charge >= 0.3 is 0 Å². The molecule has 0 bridgehead atoms. The van der Waals surface area contributed by atoms with Gasteiger partial charge in [0.25, 0.3) is 5.69 Å². The summed E-state index contributed by atoms with van der Waals surface area (Å²) in [5.41, 5.74) is 9.69. The second kappa shape index (κ2) is 6.16. The maximum absolute atomic E-state index is 11.0. The van der Waals surface area contributed by atoms with Crippen molar-refractivity contribution in [2.75, 3.05) is 11.1 Å². The standard InChI is InChI=1S/C16H17BrN4O2/c1-9-14(21(22)23)8-19-16(15(9)17)20-13-4-2-3-10-7-11(18)5-6-12(10)13/h5-8,13H,2-4,18H2,1H3,(H,19,20). The number of nitrogens with zero attached hydrogens (tertiary/aromatic N) is 2. The zero-order chi connectivity index (χ0) is 16.6. The predicted octanol–water partition coefficient (Wildman–Crippen LogP) is 4.13. The van der Waals surface area contributed by atoms with E-state index in [2.05, 4.69) is 26.2 Å². The van der Waals surface area contributed by atoms with Gasteiger partial charge in [0.2, 0.25) is 0 Å². The molecule has 0 saturated heterocycles. The highest BCUT2D eigenvalue weighted by atomic mass is 79.9. The first-order chi connectivity index (χ1) is 11.0. The number of anilines is 2. The Labute approximate surface area is 142 Å². The Balaban J connectivity index is 1.92. The minimum absolute atomic E-state index is 0.0132. The van der Waals surface area contributed by atoms with Crippen molar-refractivity contribution in [3.63, 3.8) is 0 Å². The Bertz CT molecular complexity index is 779. The molecule has 0 radical (unpaired) electrons. The third-order valence-corrected chi connectivity index (χ3v) is 5.20. The summed E-state index contributed by atoms with van der Waals surface area (Å²) in [5, 5.41) is 14.4. The van der Waals surface area contributed by atoms with Crippen LogP contribution in [0.3, 0.4) is 0 Å². The first-order valence-corrected chi connectivity index (χ1v) is 8.21. The van der Waals surface area contributed by atoms with Crippen LogP contribution in [0.25, 0.3) is 0 Å². The van der Waals surface area contributed by atoms with Gasteiger partial charge in [-0.1, -0.05) is 6.07 Å². The Morgan fingerprint density at radius 3 is 3.00 bits per heavy atom. The molecule has 0 amide bonds. The molecule has 1 unspecified atom stereocenters. The second-order valence-electron chi connectivity index (χ2n) is 5.74. The average molecular weight is 377 g/mol. The van der Waals surface area contributed by atoms with Crippen LogP contribution in [0.1, 0.15) is 35.6 Å². The number of nitrogens with two attached hydrogens (primary N) is 1. The van der Waals surface area contributed by atoms with Gasteiger partial charge in [0.1, 0.15) is 12.0 Å². The summed E-state index contributed by atoms with van der Waals surface area (Å²) in [5.74, 6) is 0.628. The molecular weight excluding hydrogens is 360 g/mol. The first-order valence-electron chi connectivity index (χ1n) is 7.41. The van der Waals surface area contributed by atoms with Crippen molar-refractivity contribution < 1.29 is 4.92 Å². The van der Waals surface area contributed by atoms with Crippen LogP contribution in [0, 0.1) is 17.0 Å². The molecule has 23 heavy (non-hydrogen) atoms. The van der Waals surface area contributed by atoms with Gasteiger partial charge in [-0.3, -0.25) is 10.1 Å². The number of nitrogens with one attached hydrogen (secondary N) is 1. The monoisotopic (exact) mass is 376 g/mol. The Hall–Kier alpha value is -2.15. The van der Waals surface area contributed by atoms with Crippen LogP contribution < -0.4 is 11.1 Å². The molecule has 120 valence electrons. The molecule has 3 rings (SSSR count). The summed E-state index contributed by atoms with van der Waals surface area (Å²) >= 11 is 3.43. The van der Waals surface area contributed by atoms with Gasteiger partial charge in [-0.05, 0) is 65.4 Å². The maximum Gasteiger partial charge on any atom is 0.291 e. The maximum atomic E-state index is 11.0. The van der Waals surface area contributed by atoms with E-state index >= 15 is 0 Å². The Morgan fingerprint density at radius 1 is 1.48 bits per heavy atom. The number of hydrogen-bond donors (Lipinski definition) is 2. The topological polar surface area (TPSA) is 94.1 Å². The number of nitro groups is 1. The fourth-order valence-electron chi connectivity index (χ4n) is 3.00. The smallest absolute Gasteiger partial charge is 0.291 e. The lowest BCUT2D eigenvalue weighted by Crippen LogP contribution is -2.18. The summed E-state index contributed by atoms with van der Waals surface area (Å²) in [6.07, 6.45) is 4.38. The zero-order valence-corrected chi connectivity index (χ0v) is 14.3. The third kappa shape index (κ3) is 3.01. The van der Waals surface area contributed by atoms with Gasteiger partial charge < -0.3 is 11.1 Å². The largest absolute Gasteiger partial charge is 0.399 e. The highest BCUT2D eigenvalue weighted by molar-refractivity contribution is 9.10. The summed E-state index contributed by atoms with van der Waals surface area (Å²) in [6, 6.07) is 6.10. The van der Waals surface area contributed by atoms with Gasteiger partial charge in [0.15, 0.2) is 0 Å². The minimum Gasteiger partial charge on any atom is -0.399 e. The van der Waals surface area contributed by atoms with E-state index in [1.807, 2.05) is 18.2 Å². The lowest BCUT2D eigenvalue weighted by molar-refractivity contribution is -0.385. The highest BCUT2D eigenvalue weighted by Gasteiger charge is 2.23. The fraction of sp³-hybridized carbons (Fsp3) is 0.312. The van der Waals surface area contributed by atoms with Gasteiger partial charge in [-0.15, -0.1) is 0 Å². The van der Waals surface area contributed by atoms with E-state index in [1.54, 1.807) is 6.92 Å². The fourth-order valence-corrected chi connectivity index (χ4v) is 3.42. The number of nitrogen functional groups attached to an aromatic ring is 1. The van der Waals surface area contributed by atoms with Gasteiger partial charge in [-0.25, -0.2) is 4.98 Å². The minimum atomic E-state index is -0.421. The van der Waals surface area contributed by atoms with Crippen molar-refractivity contribution in [1.29, 1.82) is 0 Å². The second-order valence-corrected chi connectivity index (χ2v) is 6.53. The number of halogens is 1. The van der Waals surface area contributed by atoms with E-state index in [0.29, 0.717) is 15.9 Å². The van der Waals surface area contributed by atoms with Crippen LogP contribution in [0.5, 0.6) is 0 Å². The molecule has 2 aromatic rings. The number of fused-ring (bicyclic) bond motifs is 1. The van der Waals surface area contributed by atoms with Crippen molar-refractivity contribution in [2.24, 2.45) is 0 Å². The number of benzene rings is 1. The molecule has 1 aromatic carbocycles. The molecule has 0 saturated carbocycles. The Kier molecular flexibility index (Phi) is 4.21. The third-order valence-electron chi connectivity index (χ3n) is 4.23. The van der Waals surface area contributed by atoms with E-state index in [4.69, 9.17) is 5.73 Å². The van der Waals surface area contributed by atoms with E-state index in [-0.39, 0.29) is 11.7 Å². The van der Waals surface area contributed by atoms with Crippen LogP contribution in [0.4, 0.5) is 17.2 Å². The summed E-state index contributed by atoms with van der Waals surface area (Å²) in [7, 11) is 0. The first kappa shape index (κ1) is 15.7. The molecule has 0 fully saturated rings. The van der Waals surface area contributed by atoms with Crippen molar-refractivity contribution in [3.05, 3.63) is 55.7 Å². The summed E-state index contributed by atoms with van der Waals surface area (Å²) < 4.78 is 0.634. The molecule has 3 N–H and O–H groups in total. The van der Waals surface area contributed by atoms with E-state index < -0.39 is 4.92 Å². The quantitative estimate of drug-likeness (QED) is 0.477. The molecule has 0 spiro atoms. The van der Waals surface area contributed by atoms with Crippen molar-refractivity contribution in [2.45, 2.75) is 32.2 Å². The Morgan fingerprint density at radius 2 is 2.26 bits per heavy atom. The number of rotatable bonds is 3. The molecule has 0 aliphatic heterocycles. The molecule has 1 aromatic heterocycles. The molecule has 6 nitrogen and oxygen atoms in total. The zero-order valence-electron chi connectivity index (χ0n) is 12.7. The lowest BCUT2D eigenvalue weighted by Gasteiger charge is -2.27. The summed E-state index contributed by atoms with van der Waals surface area (Å²) in [4.78, 5) is 14.8. The van der Waals surface area contributed by atoms with Crippen LogP contribution in [0.15, 0.2) is 28.9 Å². The van der Waals surface area contributed by atoms with E-state index in [0.717, 1.165) is 24.9 Å².